The Hall–Kier alpha value is -2.68. The molecule has 3 amide bonds. The summed E-state index contributed by atoms with van der Waals surface area (Å²) in [7, 11) is 1.62. The molecule has 0 bridgehead atoms. The van der Waals surface area contributed by atoms with Crippen LogP contribution in [-0.2, 0) is 11.3 Å². The van der Waals surface area contributed by atoms with E-state index < -0.39 is 11.5 Å². The minimum atomic E-state index is -2.65. The first-order valence-corrected chi connectivity index (χ1v) is 13.6. The van der Waals surface area contributed by atoms with Gasteiger partial charge in [-0.15, -0.1) is 0 Å². The Morgan fingerprint density at radius 3 is 2.38 bits per heavy atom. The third-order valence-electron chi connectivity index (χ3n) is 8.17. The predicted octanol–water partition coefficient (Wildman–Crippen LogP) is 6.09. The van der Waals surface area contributed by atoms with Crippen molar-refractivity contribution in [1.82, 2.24) is 9.80 Å². The molecular formula is C28H32BrF2N3O3. The van der Waals surface area contributed by atoms with E-state index in [4.69, 9.17) is 4.74 Å². The molecule has 0 aromatic heterocycles. The number of amides is 3. The second-order valence-corrected chi connectivity index (χ2v) is 11.4. The largest absolute Gasteiger partial charge is 0.497 e. The average molecular weight is 576 g/mol. The highest BCUT2D eigenvalue weighted by molar-refractivity contribution is 9.10. The van der Waals surface area contributed by atoms with E-state index in [9.17, 15) is 18.4 Å². The molecule has 5 rings (SSSR count). The number of anilines is 1. The van der Waals surface area contributed by atoms with Crippen LogP contribution in [0.2, 0.25) is 0 Å². The number of ether oxygens (including phenoxy) is 1. The lowest BCUT2D eigenvalue weighted by molar-refractivity contribution is -0.141. The highest BCUT2D eigenvalue weighted by atomic mass is 79.9. The zero-order chi connectivity index (χ0) is 26.2. The van der Waals surface area contributed by atoms with Gasteiger partial charge in [-0.05, 0) is 67.6 Å². The Bertz CT molecular complexity index is 1140. The van der Waals surface area contributed by atoms with Crippen LogP contribution in [0.3, 0.4) is 0 Å². The van der Waals surface area contributed by atoms with Gasteiger partial charge < -0.3 is 14.5 Å². The first kappa shape index (κ1) is 25.9. The first-order valence-electron chi connectivity index (χ1n) is 12.8. The molecule has 9 heteroatoms. The fourth-order valence-corrected chi connectivity index (χ4v) is 6.19. The molecule has 2 heterocycles. The van der Waals surface area contributed by atoms with Crippen molar-refractivity contribution in [3.05, 3.63) is 58.6 Å². The molecule has 2 saturated heterocycles. The van der Waals surface area contributed by atoms with Crippen LogP contribution in [-0.4, -0.2) is 59.9 Å². The maximum atomic E-state index is 13.8. The van der Waals surface area contributed by atoms with Crippen LogP contribution in [0.25, 0.3) is 0 Å². The smallest absolute Gasteiger partial charge is 0.325 e. The van der Waals surface area contributed by atoms with Gasteiger partial charge in [-0.3, -0.25) is 9.69 Å². The third kappa shape index (κ3) is 5.33. The molecule has 0 unspecified atom stereocenters. The van der Waals surface area contributed by atoms with Gasteiger partial charge in [-0.2, -0.15) is 0 Å². The van der Waals surface area contributed by atoms with Gasteiger partial charge >= 0.3 is 6.03 Å². The van der Waals surface area contributed by atoms with E-state index in [0.717, 1.165) is 21.5 Å². The molecule has 6 nitrogen and oxygen atoms in total. The summed E-state index contributed by atoms with van der Waals surface area (Å²) in [6, 6.07) is 15.4. The maximum Gasteiger partial charge on any atom is 0.325 e. The van der Waals surface area contributed by atoms with E-state index in [0.29, 0.717) is 39.0 Å². The van der Waals surface area contributed by atoms with Crippen LogP contribution in [0.4, 0.5) is 19.3 Å². The summed E-state index contributed by atoms with van der Waals surface area (Å²) >= 11 is 3.46. The van der Waals surface area contributed by atoms with Crippen molar-refractivity contribution >= 4 is 33.6 Å². The van der Waals surface area contributed by atoms with Crippen molar-refractivity contribution in [1.29, 1.82) is 0 Å². The number of hydrogen-bond donors (Lipinski definition) is 0. The van der Waals surface area contributed by atoms with E-state index in [-0.39, 0.29) is 43.5 Å². The molecule has 0 radical (unpaired) electrons. The Labute approximate surface area is 224 Å². The van der Waals surface area contributed by atoms with Crippen LogP contribution in [0.1, 0.15) is 44.1 Å². The van der Waals surface area contributed by atoms with Gasteiger partial charge in [0.25, 0.3) is 0 Å². The molecule has 2 aromatic rings. The number of benzene rings is 2. The van der Waals surface area contributed by atoms with E-state index >= 15 is 0 Å². The standard InChI is InChI=1S/C28H32BrF2N3O3/c1-37-24-4-2-3-20(17-24)18-34-26(36)33(23-7-5-22(29)6-8-23)19-27(34)13-15-32(16-14-27)25(35)21-9-11-28(30,31)12-10-21/h2-8,17,21H,9-16,18-19H2,1H3. The average Bonchev–Trinajstić information content (AvgIpc) is 3.15. The van der Waals surface area contributed by atoms with Gasteiger partial charge in [0, 0.05) is 48.6 Å². The maximum absolute atomic E-state index is 13.8. The van der Waals surface area contributed by atoms with Gasteiger partial charge in [0.1, 0.15) is 5.75 Å². The number of methoxy groups -OCH3 is 1. The number of piperidine rings is 1. The minimum absolute atomic E-state index is 0.0150. The van der Waals surface area contributed by atoms with E-state index in [1.165, 1.54) is 0 Å². The van der Waals surface area contributed by atoms with Gasteiger partial charge in [-0.25, -0.2) is 13.6 Å². The molecule has 3 fully saturated rings. The number of halogens is 3. The van der Waals surface area contributed by atoms with Crippen molar-refractivity contribution < 1.29 is 23.1 Å². The fourth-order valence-electron chi connectivity index (χ4n) is 5.92. The topological polar surface area (TPSA) is 53.1 Å². The Kier molecular flexibility index (Phi) is 7.18. The number of alkyl halides is 2. The summed E-state index contributed by atoms with van der Waals surface area (Å²) in [4.78, 5) is 32.6. The molecule has 198 valence electrons. The van der Waals surface area contributed by atoms with E-state index in [2.05, 4.69) is 15.9 Å². The molecule has 1 aliphatic carbocycles. The fraction of sp³-hybridized carbons (Fsp3) is 0.500. The molecule has 1 saturated carbocycles. The number of carbonyl (C=O) groups is 2. The third-order valence-corrected chi connectivity index (χ3v) is 8.70. The highest BCUT2D eigenvalue weighted by Crippen LogP contribution is 2.41. The number of likely N-dealkylation sites (tertiary alicyclic amines) is 1. The summed E-state index contributed by atoms with van der Waals surface area (Å²) in [5, 5.41) is 0. The number of carbonyl (C=O) groups excluding carboxylic acids is 2. The lowest BCUT2D eigenvalue weighted by atomic mass is 9.83. The Morgan fingerprint density at radius 1 is 1.05 bits per heavy atom. The van der Waals surface area contributed by atoms with Crippen LogP contribution >= 0.6 is 15.9 Å². The van der Waals surface area contributed by atoms with Crippen molar-refractivity contribution in [3.8, 4) is 5.75 Å². The summed E-state index contributed by atoms with van der Waals surface area (Å²) < 4.78 is 33.6. The number of nitrogens with zero attached hydrogens (tertiary/aromatic N) is 3. The number of rotatable bonds is 5. The first-order chi connectivity index (χ1) is 17.7. The number of urea groups is 1. The summed E-state index contributed by atoms with van der Waals surface area (Å²) in [5.74, 6) is -2.25. The van der Waals surface area contributed by atoms with Crippen molar-refractivity contribution in [2.45, 2.75) is 56.5 Å². The second kappa shape index (κ2) is 10.2. The lowest BCUT2D eigenvalue weighted by Gasteiger charge is -2.44. The van der Waals surface area contributed by atoms with Gasteiger partial charge in [-0.1, -0.05) is 28.1 Å². The van der Waals surface area contributed by atoms with Gasteiger partial charge in [0.15, 0.2) is 0 Å². The molecular weight excluding hydrogens is 544 g/mol. The summed E-state index contributed by atoms with van der Waals surface area (Å²) in [6.07, 6.45) is 1.34. The van der Waals surface area contributed by atoms with E-state index in [1.807, 2.05) is 63.2 Å². The van der Waals surface area contributed by atoms with Crippen molar-refractivity contribution in [2.75, 3.05) is 31.6 Å². The lowest BCUT2D eigenvalue weighted by Crippen LogP contribution is -2.56. The molecule has 0 N–H and O–H groups in total. The Balaban J connectivity index is 1.35. The van der Waals surface area contributed by atoms with Crippen LogP contribution in [0, 0.1) is 5.92 Å². The normalized spacial score (nSPS) is 21.5. The van der Waals surface area contributed by atoms with Crippen LogP contribution in [0.15, 0.2) is 53.0 Å². The number of hydrogen-bond acceptors (Lipinski definition) is 3. The molecule has 1 spiro atoms. The van der Waals surface area contributed by atoms with Crippen molar-refractivity contribution in [2.24, 2.45) is 5.92 Å². The van der Waals surface area contributed by atoms with E-state index in [1.54, 1.807) is 7.11 Å². The van der Waals surface area contributed by atoms with Gasteiger partial charge in [0.2, 0.25) is 11.8 Å². The summed E-state index contributed by atoms with van der Waals surface area (Å²) in [6.45, 7) is 2.01. The molecule has 2 aromatic carbocycles. The highest BCUT2D eigenvalue weighted by Gasteiger charge is 2.52. The van der Waals surface area contributed by atoms with Crippen LogP contribution in [0.5, 0.6) is 5.75 Å². The zero-order valence-corrected chi connectivity index (χ0v) is 22.6. The monoisotopic (exact) mass is 575 g/mol. The quantitative estimate of drug-likeness (QED) is 0.433. The minimum Gasteiger partial charge on any atom is -0.497 e. The predicted molar refractivity (Wildman–Crippen MR) is 141 cm³/mol. The second-order valence-electron chi connectivity index (χ2n) is 10.5. The molecule has 37 heavy (non-hydrogen) atoms. The zero-order valence-electron chi connectivity index (χ0n) is 21.0. The SMILES string of the molecule is COc1cccc(CN2C(=O)N(c3ccc(Br)cc3)CC23CCN(C(=O)C2CCC(F)(F)CC2)CC3)c1. The Morgan fingerprint density at radius 2 is 1.73 bits per heavy atom. The van der Waals surface area contributed by atoms with Crippen molar-refractivity contribution in [3.63, 3.8) is 0 Å². The molecule has 3 aliphatic rings. The molecule has 2 aliphatic heterocycles. The van der Waals surface area contributed by atoms with Crippen LogP contribution < -0.4 is 9.64 Å². The molecule has 0 atom stereocenters. The summed E-state index contributed by atoms with van der Waals surface area (Å²) in [5.41, 5.74) is 1.39. The van der Waals surface area contributed by atoms with Gasteiger partial charge in [0.05, 0.1) is 19.2 Å².